The van der Waals surface area contributed by atoms with Crippen molar-refractivity contribution in [2.24, 2.45) is 0 Å². The lowest BCUT2D eigenvalue weighted by atomic mass is 10.0. The summed E-state index contributed by atoms with van der Waals surface area (Å²) >= 11 is 0. The van der Waals surface area contributed by atoms with Crippen LogP contribution in [0.2, 0.25) is 0 Å². The monoisotopic (exact) mass is 1160 g/mol. The summed E-state index contributed by atoms with van der Waals surface area (Å²) in [7, 11) is 0. The Labute approximate surface area is 515 Å². The van der Waals surface area contributed by atoms with Crippen LogP contribution in [-0.4, -0.2) is 37.2 Å². The maximum Gasteiger partial charge on any atom is 0.306 e. The van der Waals surface area contributed by atoms with Crippen molar-refractivity contribution in [2.45, 2.75) is 374 Å². The molecule has 0 aliphatic heterocycles. The SMILES string of the molecule is CC/C=C\C/C=C\C/C=C\C/C=C\C/C=C\C/C=C\CCCCCCCCCCCCCCCCC(=O)OCC(COC(=O)CCCCCCC/C=C\CCCCCC)OC(=O)CCCCCCCCCCCCCCCCCCCCC. The Hall–Kier alpha value is -3.41. The van der Waals surface area contributed by atoms with E-state index in [-0.39, 0.29) is 31.1 Å². The Morgan fingerprint density at radius 1 is 0.253 bits per heavy atom. The highest BCUT2D eigenvalue weighted by atomic mass is 16.6. The third-order valence-electron chi connectivity index (χ3n) is 15.9. The molecule has 0 saturated carbocycles. The molecule has 0 heterocycles. The highest BCUT2D eigenvalue weighted by Crippen LogP contribution is 2.18. The molecular weight excluding hydrogens is 1020 g/mol. The van der Waals surface area contributed by atoms with Crippen LogP contribution in [0.25, 0.3) is 0 Å². The van der Waals surface area contributed by atoms with Crippen molar-refractivity contribution >= 4 is 17.9 Å². The van der Waals surface area contributed by atoms with E-state index in [0.29, 0.717) is 19.3 Å². The number of esters is 3. The molecule has 0 amide bonds. The van der Waals surface area contributed by atoms with E-state index in [9.17, 15) is 14.4 Å². The summed E-state index contributed by atoms with van der Waals surface area (Å²) in [5.41, 5.74) is 0. The van der Waals surface area contributed by atoms with Crippen LogP contribution in [0.5, 0.6) is 0 Å². The van der Waals surface area contributed by atoms with Crippen LogP contribution < -0.4 is 0 Å². The molecule has 0 rings (SSSR count). The van der Waals surface area contributed by atoms with Gasteiger partial charge in [-0.2, -0.15) is 0 Å². The topological polar surface area (TPSA) is 78.9 Å². The van der Waals surface area contributed by atoms with Crippen LogP contribution >= 0.6 is 0 Å². The van der Waals surface area contributed by atoms with Crippen molar-refractivity contribution in [1.82, 2.24) is 0 Å². The molecule has 0 aliphatic rings. The molecule has 0 bridgehead atoms. The van der Waals surface area contributed by atoms with Crippen molar-refractivity contribution in [1.29, 1.82) is 0 Å². The van der Waals surface area contributed by atoms with Crippen LogP contribution in [0, 0.1) is 0 Å². The number of carbonyl (C=O) groups is 3. The van der Waals surface area contributed by atoms with Gasteiger partial charge in [-0.05, 0) is 96.3 Å². The van der Waals surface area contributed by atoms with Gasteiger partial charge in [0, 0.05) is 19.3 Å². The first kappa shape index (κ1) is 79.6. The normalized spacial score (nSPS) is 12.6. The van der Waals surface area contributed by atoms with Gasteiger partial charge in [0.2, 0.25) is 0 Å². The van der Waals surface area contributed by atoms with E-state index < -0.39 is 6.10 Å². The molecule has 0 aromatic carbocycles. The van der Waals surface area contributed by atoms with Crippen molar-refractivity contribution in [3.05, 3.63) is 85.1 Å². The van der Waals surface area contributed by atoms with E-state index in [1.54, 1.807) is 0 Å². The number of ether oxygens (including phenoxy) is 3. The zero-order valence-electron chi connectivity index (χ0n) is 55.2. The fourth-order valence-corrected chi connectivity index (χ4v) is 10.5. The lowest BCUT2D eigenvalue weighted by Gasteiger charge is -2.18. The first-order chi connectivity index (χ1) is 41.0. The zero-order valence-corrected chi connectivity index (χ0v) is 55.2. The summed E-state index contributed by atoms with van der Waals surface area (Å²) in [5, 5.41) is 0. The Morgan fingerprint density at radius 2 is 0.470 bits per heavy atom. The standard InChI is InChI=1S/C77H136O6/c1-4-7-10-13-16-19-22-25-27-29-31-32-33-34-35-36-37-38-39-40-41-42-43-44-46-47-49-52-55-58-61-64-67-70-76(79)82-73-74(72-81-75(78)69-66-63-60-57-54-51-24-21-18-15-12-9-6-3)83-77(80)71-68-65-62-59-56-53-50-48-45-30-28-26-23-20-17-14-11-8-5-2/h7,10,16,19,21,24-25,27,31-32,34-35,37-38,74H,4-6,8-9,11-15,17-18,20,22-23,26,28-30,33,36,39-73H2,1-3H3/b10-7-,19-16-,24-21-,27-25-,32-31-,35-34-,38-37-. The largest absolute Gasteiger partial charge is 0.462 e. The number of hydrogen-bond donors (Lipinski definition) is 0. The molecular formula is C77H136O6. The van der Waals surface area contributed by atoms with Gasteiger partial charge in [0.1, 0.15) is 13.2 Å². The molecule has 0 spiro atoms. The van der Waals surface area contributed by atoms with Crippen molar-refractivity contribution in [2.75, 3.05) is 13.2 Å². The van der Waals surface area contributed by atoms with E-state index >= 15 is 0 Å². The maximum absolute atomic E-state index is 12.9. The van der Waals surface area contributed by atoms with Crippen LogP contribution in [-0.2, 0) is 28.6 Å². The summed E-state index contributed by atoms with van der Waals surface area (Å²) in [4.78, 5) is 38.4. The van der Waals surface area contributed by atoms with E-state index in [4.69, 9.17) is 14.2 Å². The summed E-state index contributed by atoms with van der Waals surface area (Å²) in [6, 6.07) is 0. The van der Waals surface area contributed by atoms with Gasteiger partial charge in [-0.25, -0.2) is 0 Å². The van der Waals surface area contributed by atoms with E-state index in [1.807, 2.05) is 0 Å². The van der Waals surface area contributed by atoms with Gasteiger partial charge in [0.05, 0.1) is 0 Å². The van der Waals surface area contributed by atoms with Gasteiger partial charge in [-0.1, -0.05) is 337 Å². The van der Waals surface area contributed by atoms with Gasteiger partial charge in [0.15, 0.2) is 6.10 Å². The lowest BCUT2D eigenvalue weighted by Crippen LogP contribution is -2.30. The first-order valence-electron chi connectivity index (χ1n) is 36.1. The molecule has 0 fully saturated rings. The summed E-state index contributed by atoms with van der Waals surface area (Å²) in [6.07, 6.45) is 94.7. The Bertz CT molecular complexity index is 1570. The molecule has 1 atom stereocenters. The predicted molar refractivity (Wildman–Crippen MR) is 362 cm³/mol. The van der Waals surface area contributed by atoms with Gasteiger partial charge in [-0.3, -0.25) is 14.4 Å². The molecule has 0 saturated heterocycles. The Kier molecular flexibility index (Phi) is 68.2. The van der Waals surface area contributed by atoms with E-state index in [2.05, 4.69) is 106 Å². The maximum atomic E-state index is 12.9. The van der Waals surface area contributed by atoms with Crippen molar-refractivity contribution in [3.63, 3.8) is 0 Å². The number of allylic oxidation sites excluding steroid dienone is 14. The smallest absolute Gasteiger partial charge is 0.306 e. The third-order valence-corrected chi connectivity index (χ3v) is 15.9. The molecule has 480 valence electrons. The first-order valence-corrected chi connectivity index (χ1v) is 36.1. The summed E-state index contributed by atoms with van der Waals surface area (Å²) in [6.45, 7) is 6.56. The molecule has 0 aliphatic carbocycles. The van der Waals surface area contributed by atoms with Crippen LogP contribution in [0.1, 0.15) is 367 Å². The second kappa shape index (κ2) is 71.1. The number of rotatable bonds is 66. The van der Waals surface area contributed by atoms with Gasteiger partial charge in [0.25, 0.3) is 0 Å². The predicted octanol–water partition coefficient (Wildman–Crippen LogP) is 25.0. The highest BCUT2D eigenvalue weighted by Gasteiger charge is 2.19. The van der Waals surface area contributed by atoms with Crippen LogP contribution in [0.4, 0.5) is 0 Å². The number of unbranched alkanes of at least 4 members (excludes halogenated alkanes) is 41. The molecule has 83 heavy (non-hydrogen) atoms. The Balaban J connectivity index is 4.19. The quantitative estimate of drug-likeness (QED) is 0.0261. The number of carbonyl (C=O) groups excluding carboxylic acids is 3. The summed E-state index contributed by atoms with van der Waals surface area (Å²) < 4.78 is 17.0. The minimum atomic E-state index is -0.778. The third kappa shape index (κ3) is 69.3. The van der Waals surface area contributed by atoms with Crippen LogP contribution in [0.3, 0.4) is 0 Å². The minimum Gasteiger partial charge on any atom is -0.462 e. The van der Waals surface area contributed by atoms with Gasteiger partial charge < -0.3 is 14.2 Å². The molecule has 1 unspecified atom stereocenters. The van der Waals surface area contributed by atoms with Crippen molar-refractivity contribution < 1.29 is 28.6 Å². The molecule has 0 aromatic rings. The van der Waals surface area contributed by atoms with Gasteiger partial charge >= 0.3 is 17.9 Å². The average Bonchev–Trinajstić information content (AvgIpc) is 3.49. The highest BCUT2D eigenvalue weighted by molar-refractivity contribution is 5.71. The molecule has 0 N–H and O–H groups in total. The molecule has 0 radical (unpaired) electrons. The zero-order chi connectivity index (χ0) is 59.9. The summed E-state index contributed by atoms with van der Waals surface area (Å²) in [5.74, 6) is -0.861. The second-order valence-corrected chi connectivity index (χ2v) is 24.1. The minimum absolute atomic E-state index is 0.0741. The number of hydrogen-bond acceptors (Lipinski definition) is 6. The molecule has 0 aromatic heterocycles. The van der Waals surface area contributed by atoms with Crippen molar-refractivity contribution in [3.8, 4) is 0 Å². The fraction of sp³-hybridized carbons (Fsp3) is 0.779. The van der Waals surface area contributed by atoms with Gasteiger partial charge in [-0.15, -0.1) is 0 Å². The average molecular weight is 1160 g/mol. The second-order valence-electron chi connectivity index (χ2n) is 24.1. The fourth-order valence-electron chi connectivity index (χ4n) is 10.5. The van der Waals surface area contributed by atoms with E-state index in [0.717, 1.165) is 103 Å². The molecule has 6 nitrogen and oxygen atoms in total. The van der Waals surface area contributed by atoms with Crippen LogP contribution in [0.15, 0.2) is 85.1 Å². The van der Waals surface area contributed by atoms with E-state index in [1.165, 1.54) is 225 Å². The Morgan fingerprint density at radius 3 is 0.759 bits per heavy atom. The lowest BCUT2D eigenvalue weighted by molar-refractivity contribution is -0.167. The molecule has 6 heteroatoms.